The lowest BCUT2D eigenvalue weighted by Crippen LogP contribution is -2.27. The first-order valence-corrected chi connectivity index (χ1v) is 9.51. The molecule has 5 nitrogen and oxygen atoms in total. The van der Waals surface area contributed by atoms with Gasteiger partial charge in [0.1, 0.15) is 5.75 Å². The predicted octanol–water partition coefficient (Wildman–Crippen LogP) is 4.15. The Morgan fingerprint density at radius 2 is 2.12 bits per heavy atom. The Kier molecular flexibility index (Phi) is 6.96. The van der Waals surface area contributed by atoms with E-state index < -0.39 is 0 Å². The second kappa shape index (κ2) is 8.97. The zero-order valence-corrected chi connectivity index (χ0v) is 16.4. The van der Waals surface area contributed by atoms with Crippen molar-refractivity contribution in [1.29, 1.82) is 0 Å². The SMILES string of the molecule is CCN(C(C)=O)c1nc(CNC(C)c2cccc(OC(C)C)c2)cs1. The minimum atomic E-state index is 0.0201. The van der Waals surface area contributed by atoms with Crippen LogP contribution in [0.4, 0.5) is 5.13 Å². The maximum atomic E-state index is 11.6. The van der Waals surface area contributed by atoms with Crippen LogP contribution in [0.1, 0.15) is 51.9 Å². The topological polar surface area (TPSA) is 54.5 Å². The molecule has 0 aliphatic heterocycles. The number of aromatic nitrogens is 1. The normalized spacial score (nSPS) is 12.2. The van der Waals surface area contributed by atoms with Gasteiger partial charge in [0, 0.05) is 31.4 Å². The lowest BCUT2D eigenvalue weighted by Gasteiger charge is -2.16. The Labute approximate surface area is 154 Å². The van der Waals surface area contributed by atoms with E-state index in [4.69, 9.17) is 4.74 Å². The molecule has 1 atom stereocenters. The molecular weight excluding hydrogens is 334 g/mol. The summed E-state index contributed by atoms with van der Waals surface area (Å²) in [6.07, 6.45) is 0.162. The maximum Gasteiger partial charge on any atom is 0.225 e. The van der Waals surface area contributed by atoms with E-state index in [9.17, 15) is 4.79 Å². The monoisotopic (exact) mass is 361 g/mol. The highest BCUT2D eigenvalue weighted by Gasteiger charge is 2.14. The fourth-order valence-corrected chi connectivity index (χ4v) is 3.43. The van der Waals surface area contributed by atoms with E-state index in [1.807, 2.05) is 38.3 Å². The summed E-state index contributed by atoms with van der Waals surface area (Å²) in [5.41, 5.74) is 2.12. The van der Waals surface area contributed by atoms with Crippen LogP contribution >= 0.6 is 11.3 Å². The van der Waals surface area contributed by atoms with E-state index in [0.29, 0.717) is 13.1 Å². The number of amides is 1. The molecule has 0 aliphatic rings. The van der Waals surface area contributed by atoms with Crippen molar-refractivity contribution in [1.82, 2.24) is 10.3 Å². The zero-order chi connectivity index (χ0) is 18.4. The highest BCUT2D eigenvalue weighted by Crippen LogP contribution is 2.23. The summed E-state index contributed by atoms with van der Waals surface area (Å²) < 4.78 is 5.76. The number of nitrogens with zero attached hydrogens (tertiary/aromatic N) is 2. The Balaban J connectivity index is 1.97. The number of thiazole rings is 1. The van der Waals surface area contributed by atoms with E-state index in [-0.39, 0.29) is 18.1 Å². The Hall–Kier alpha value is -1.92. The summed E-state index contributed by atoms with van der Waals surface area (Å²) in [5, 5.41) is 6.24. The molecule has 2 aromatic rings. The molecule has 0 radical (unpaired) electrons. The molecular formula is C19H27N3O2S. The first kappa shape index (κ1) is 19.4. The van der Waals surface area contributed by atoms with Gasteiger partial charge in [0.2, 0.25) is 5.91 Å². The minimum Gasteiger partial charge on any atom is -0.491 e. The third kappa shape index (κ3) is 5.54. The van der Waals surface area contributed by atoms with Crippen molar-refractivity contribution in [2.75, 3.05) is 11.4 Å². The van der Waals surface area contributed by atoms with Crippen LogP contribution in [0.15, 0.2) is 29.6 Å². The number of ether oxygens (including phenoxy) is 1. The standard InChI is InChI=1S/C19H27N3O2S/c1-6-22(15(5)23)19-21-17(12-25-19)11-20-14(4)16-8-7-9-18(10-16)24-13(2)3/h7-10,12-14,20H,6,11H2,1-5H3. The Bertz CT molecular complexity index is 699. The van der Waals surface area contributed by atoms with Gasteiger partial charge in [-0.05, 0) is 45.4 Å². The number of hydrogen-bond donors (Lipinski definition) is 1. The van der Waals surface area contributed by atoms with Gasteiger partial charge in [-0.2, -0.15) is 0 Å². The molecule has 1 aromatic carbocycles. The van der Waals surface area contributed by atoms with Crippen LogP contribution in [0.5, 0.6) is 5.75 Å². The van der Waals surface area contributed by atoms with Crippen LogP contribution in [0.25, 0.3) is 0 Å². The van der Waals surface area contributed by atoms with Crippen molar-refractivity contribution in [3.8, 4) is 5.75 Å². The molecule has 0 aliphatic carbocycles. The molecule has 0 fully saturated rings. The van der Waals surface area contributed by atoms with Gasteiger partial charge in [-0.25, -0.2) is 4.98 Å². The van der Waals surface area contributed by atoms with Gasteiger partial charge in [-0.3, -0.25) is 9.69 Å². The van der Waals surface area contributed by atoms with Crippen molar-refractivity contribution >= 4 is 22.4 Å². The summed E-state index contributed by atoms with van der Waals surface area (Å²) in [7, 11) is 0. The second-order valence-electron chi connectivity index (χ2n) is 6.23. The van der Waals surface area contributed by atoms with Gasteiger partial charge in [0.15, 0.2) is 5.13 Å². The summed E-state index contributed by atoms with van der Waals surface area (Å²) in [6.45, 7) is 11.0. The third-order valence-corrected chi connectivity index (χ3v) is 4.70. The average molecular weight is 362 g/mol. The van der Waals surface area contributed by atoms with Gasteiger partial charge < -0.3 is 10.1 Å². The van der Waals surface area contributed by atoms with Crippen LogP contribution in [0, 0.1) is 0 Å². The van der Waals surface area contributed by atoms with E-state index in [0.717, 1.165) is 16.6 Å². The van der Waals surface area contributed by atoms with E-state index >= 15 is 0 Å². The van der Waals surface area contributed by atoms with Crippen LogP contribution < -0.4 is 15.0 Å². The quantitative estimate of drug-likeness (QED) is 0.767. The molecule has 25 heavy (non-hydrogen) atoms. The molecule has 6 heteroatoms. The zero-order valence-electron chi connectivity index (χ0n) is 15.6. The fourth-order valence-electron chi connectivity index (χ4n) is 2.50. The number of hydrogen-bond acceptors (Lipinski definition) is 5. The molecule has 0 saturated heterocycles. The van der Waals surface area contributed by atoms with E-state index in [1.165, 1.54) is 16.9 Å². The molecule has 136 valence electrons. The molecule has 1 N–H and O–H groups in total. The minimum absolute atomic E-state index is 0.0201. The van der Waals surface area contributed by atoms with Crippen LogP contribution in [0.2, 0.25) is 0 Å². The number of carbonyl (C=O) groups excluding carboxylic acids is 1. The van der Waals surface area contributed by atoms with Gasteiger partial charge in [0.25, 0.3) is 0 Å². The van der Waals surface area contributed by atoms with Gasteiger partial charge in [-0.15, -0.1) is 11.3 Å². The molecule has 1 aromatic heterocycles. The number of carbonyl (C=O) groups is 1. The summed E-state index contributed by atoms with van der Waals surface area (Å²) >= 11 is 1.50. The molecule has 1 amide bonds. The first-order valence-electron chi connectivity index (χ1n) is 8.63. The first-order chi connectivity index (χ1) is 11.9. The number of benzene rings is 1. The Morgan fingerprint density at radius 3 is 2.76 bits per heavy atom. The fraction of sp³-hybridized carbons (Fsp3) is 0.474. The van der Waals surface area contributed by atoms with Crippen molar-refractivity contribution in [3.63, 3.8) is 0 Å². The average Bonchev–Trinajstić information content (AvgIpc) is 3.01. The number of anilines is 1. The summed E-state index contributed by atoms with van der Waals surface area (Å²) in [6, 6.07) is 8.32. The van der Waals surface area contributed by atoms with E-state index in [2.05, 4.69) is 29.4 Å². The van der Waals surface area contributed by atoms with Gasteiger partial charge in [-0.1, -0.05) is 12.1 Å². The lowest BCUT2D eigenvalue weighted by molar-refractivity contribution is -0.116. The lowest BCUT2D eigenvalue weighted by atomic mass is 10.1. The van der Waals surface area contributed by atoms with E-state index in [1.54, 1.807) is 11.8 Å². The highest BCUT2D eigenvalue weighted by molar-refractivity contribution is 7.14. The van der Waals surface area contributed by atoms with Crippen molar-refractivity contribution in [3.05, 3.63) is 40.9 Å². The third-order valence-electron chi connectivity index (χ3n) is 3.79. The maximum absolute atomic E-state index is 11.6. The number of rotatable bonds is 8. The predicted molar refractivity (Wildman–Crippen MR) is 103 cm³/mol. The molecule has 1 unspecified atom stereocenters. The van der Waals surface area contributed by atoms with Crippen molar-refractivity contribution in [2.45, 2.75) is 53.3 Å². The van der Waals surface area contributed by atoms with Crippen LogP contribution in [-0.4, -0.2) is 23.5 Å². The Morgan fingerprint density at radius 1 is 1.36 bits per heavy atom. The van der Waals surface area contributed by atoms with Crippen molar-refractivity contribution in [2.24, 2.45) is 0 Å². The molecule has 0 saturated carbocycles. The van der Waals surface area contributed by atoms with Gasteiger partial charge in [0.05, 0.1) is 11.8 Å². The van der Waals surface area contributed by atoms with Crippen LogP contribution in [-0.2, 0) is 11.3 Å². The molecule has 0 bridgehead atoms. The summed E-state index contributed by atoms with van der Waals surface area (Å²) in [5.74, 6) is 0.906. The summed E-state index contributed by atoms with van der Waals surface area (Å²) in [4.78, 5) is 17.9. The molecule has 0 spiro atoms. The molecule has 1 heterocycles. The highest BCUT2D eigenvalue weighted by atomic mass is 32.1. The number of nitrogens with one attached hydrogen (secondary N) is 1. The largest absolute Gasteiger partial charge is 0.491 e. The van der Waals surface area contributed by atoms with Crippen molar-refractivity contribution < 1.29 is 9.53 Å². The second-order valence-corrected chi connectivity index (χ2v) is 7.06. The van der Waals surface area contributed by atoms with Gasteiger partial charge >= 0.3 is 0 Å². The van der Waals surface area contributed by atoms with Crippen LogP contribution in [0.3, 0.4) is 0 Å². The molecule has 2 rings (SSSR count). The smallest absolute Gasteiger partial charge is 0.225 e.